The smallest absolute Gasteiger partial charge is 0.279 e. The molecular weight excluding hydrogens is 374 g/mol. The number of primary amides is 1. The van der Waals surface area contributed by atoms with Crippen molar-refractivity contribution in [2.75, 3.05) is 12.1 Å². The van der Waals surface area contributed by atoms with Crippen molar-refractivity contribution >= 4 is 39.1 Å². The fourth-order valence-electron chi connectivity index (χ4n) is 2.97. The highest BCUT2D eigenvalue weighted by Crippen LogP contribution is 2.33. The molecule has 4 aromatic rings. The Labute approximate surface area is 164 Å². The maximum absolute atomic E-state index is 12.7. The number of H-pyrrole nitrogens is 1. The van der Waals surface area contributed by atoms with E-state index in [4.69, 9.17) is 5.73 Å². The van der Waals surface area contributed by atoms with Crippen LogP contribution in [0.25, 0.3) is 21.5 Å². The van der Waals surface area contributed by atoms with Gasteiger partial charge in [-0.05, 0) is 24.3 Å². The summed E-state index contributed by atoms with van der Waals surface area (Å²) in [5, 5.41) is 9.66. The Kier molecular flexibility index (Phi) is 4.54. The van der Waals surface area contributed by atoms with Crippen LogP contribution >= 0.6 is 11.3 Å². The van der Waals surface area contributed by atoms with Crippen molar-refractivity contribution in [1.29, 1.82) is 0 Å². The first kappa shape index (κ1) is 17.7. The van der Waals surface area contributed by atoms with Crippen LogP contribution in [0.1, 0.15) is 20.0 Å². The fraction of sp³-hybridized carbons (Fsp3) is 0.0500. The lowest BCUT2D eigenvalue weighted by atomic mass is 10.0. The molecule has 0 atom stereocenters. The van der Waals surface area contributed by atoms with E-state index in [1.165, 1.54) is 11.3 Å². The lowest BCUT2D eigenvalue weighted by molar-refractivity contribution is 0.0954. The molecule has 28 heavy (non-hydrogen) atoms. The number of aromatic amines is 1. The minimum Gasteiger partial charge on any atom is -0.366 e. The molecule has 0 radical (unpaired) electrons. The van der Waals surface area contributed by atoms with Crippen molar-refractivity contribution < 1.29 is 9.59 Å². The lowest BCUT2D eigenvalue weighted by Gasteiger charge is -2.19. The summed E-state index contributed by atoms with van der Waals surface area (Å²) in [4.78, 5) is 25.6. The molecule has 2 aromatic heterocycles. The van der Waals surface area contributed by atoms with E-state index in [1.807, 2.05) is 36.4 Å². The molecule has 140 valence electrons. The molecule has 0 aliphatic heterocycles. The third-order valence-electron chi connectivity index (χ3n) is 4.35. The number of nitrogens with one attached hydrogen (secondary N) is 2. The number of anilines is 1. The number of carbonyl (C=O) groups is 2. The summed E-state index contributed by atoms with van der Waals surface area (Å²) in [6.45, 7) is 0. The van der Waals surface area contributed by atoms with E-state index >= 15 is 0 Å². The monoisotopic (exact) mass is 391 g/mol. The van der Waals surface area contributed by atoms with Crippen LogP contribution in [0.15, 0.2) is 60.7 Å². The Morgan fingerprint density at radius 1 is 1.11 bits per heavy atom. The Hall–Kier alpha value is -3.65. The molecule has 4 N–H and O–H groups in total. The summed E-state index contributed by atoms with van der Waals surface area (Å²) in [5.41, 5.74) is 10.9. The third kappa shape index (κ3) is 3.21. The fourth-order valence-corrected chi connectivity index (χ4v) is 3.85. The van der Waals surface area contributed by atoms with Gasteiger partial charge in [0.2, 0.25) is 5.91 Å². The number of nitrogens with two attached hydrogens (primary N) is 1. The van der Waals surface area contributed by atoms with E-state index in [0.717, 1.165) is 11.1 Å². The van der Waals surface area contributed by atoms with Crippen LogP contribution in [0, 0.1) is 0 Å². The predicted octanol–water partition coefficient (Wildman–Crippen LogP) is 3.17. The number of hydrazine groups is 1. The van der Waals surface area contributed by atoms with Crippen molar-refractivity contribution in [2.45, 2.75) is 0 Å². The number of amides is 2. The average molecular weight is 391 g/mol. The van der Waals surface area contributed by atoms with Gasteiger partial charge in [0.1, 0.15) is 4.83 Å². The molecule has 2 heterocycles. The second kappa shape index (κ2) is 7.16. The van der Waals surface area contributed by atoms with E-state index in [1.54, 1.807) is 36.3 Å². The van der Waals surface area contributed by atoms with E-state index in [2.05, 4.69) is 15.6 Å². The van der Waals surface area contributed by atoms with Gasteiger partial charge in [0.15, 0.2) is 0 Å². The molecule has 0 bridgehead atoms. The summed E-state index contributed by atoms with van der Waals surface area (Å²) in [6, 6.07) is 18.3. The third-order valence-corrected chi connectivity index (χ3v) is 5.38. The van der Waals surface area contributed by atoms with Crippen LogP contribution in [0.4, 0.5) is 5.69 Å². The maximum atomic E-state index is 12.7. The van der Waals surface area contributed by atoms with E-state index in [-0.39, 0.29) is 5.91 Å². The Bertz CT molecular complexity index is 1170. The largest absolute Gasteiger partial charge is 0.366 e. The number of benzene rings is 2. The maximum Gasteiger partial charge on any atom is 0.279 e. The van der Waals surface area contributed by atoms with Crippen molar-refractivity contribution in [3.63, 3.8) is 0 Å². The minimum atomic E-state index is -0.518. The van der Waals surface area contributed by atoms with Gasteiger partial charge in [-0.25, -0.2) is 0 Å². The van der Waals surface area contributed by atoms with Gasteiger partial charge in [-0.3, -0.25) is 25.1 Å². The lowest BCUT2D eigenvalue weighted by Crippen LogP contribution is -2.38. The summed E-state index contributed by atoms with van der Waals surface area (Å²) in [5.74, 6) is -0.750. The summed E-state index contributed by atoms with van der Waals surface area (Å²) < 4.78 is 0. The molecule has 0 aliphatic carbocycles. The number of aromatic nitrogens is 2. The number of carbonyl (C=O) groups excluding carboxylic acids is 2. The highest BCUT2D eigenvalue weighted by molar-refractivity contribution is 7.20. The van der Waals surface area contributed by atoms with Crippen molar-refractivity contribution in [3.05, 3.63) is 71.1 Å². The van der Waals surface area contributed by atoms with E-state index < -0.39 is 5.91 Å². The van der Waals surface area contributed by atoms with Gasteiger partial charge >= 0.3 is 0 Å². The van der Waals surface area contributed by atoms with Gasteiger partial charge in [-0.15, -0.1) is 11.3 Å². The first-order chi connectivity index (χ1) is 13.5. The molecule has 0 saturated heterocycles. The van der Waals surface area contributed by atoms with Crippen molar-refractivity contribution in [3.8, 4) is 11.3 Å². The standard InChI is InChI=1S/C20H17N5O2S/c1-25(12-7-3-2-4-8-12)24-19(27)16-11-15-17(22-23-20(15)28-16)13-9-5-6-10-14(13)18(21)26/h2-11H,1H3,(H2,21,26)(H,22,23)(H,24,27). The predicted molar refractivity (Wildman–Crippen MR) is 110 cm³/mol. The molecule has 0 fully saturated rings. The summed E-state index contributed by atoms with van der Waals surface area (Å²) >= 11 is 1.28. The Morgan fingerprint density at radius 2 is 1.82 bits per heavy atom. The van der Waals surface area contributed by atoms with E-state index in [9.17, 15) is 9.59 Å². The minimum absolute atomic E-state index is 0.233. The number of thiophene rings is 1. The molecule has 0 saturated carbocycles. The Morgan fingerprint density at radius 3 is 2.57 bits per heavy atom. The topological polar surface area (TPSA) is 104 Å². The molecule has 0 spiro atoms. The van der Waals surface area contributed by atoms with Gasteiger partial charge in [0.25, 0.3) is 5.91 Å². The van der Waals surface area contributed by atoms with Gasteiger partial charge < -0.3 is 5.73 Å². The zero-order chi connectivity index (χ0) is 19.7. The van der Waals surface area contributed by atoms with Crippen molar-refractivity contribution in [2.24, 2.45) is 5.73 Å². The van der Waals surface area contributed by atoms with Crippen LogP contribution < -0.4 is 16.2 Å². The normalized spacial score (nSPS) is 10.8. The molecule has 2 amide bonds. The molecule has 7 nitrogen and oxygen atoms in total. The van der Waals surface area contributed by atoms with Gasteiger partial charge in [0, 0.05) is 23.6 Å². The zero-order valence-electron chi connectivity index (χ0n) is 15.0. The molecule has 0 unspecified atom stereocenters. The van der Waals surface area contributed by atoms with E-state index in [0.29, 0.717) is 26.5 Å². The number of hydrogen-bond acceptors (Lipinski definition) is 5. The number of hydrogen-bond donors (Lipinski definition) is 3. The quantitative estimate of drug-likeness (QED) is 0.455. The van der Waals surface area contributed by atoms with Crippen molar-refractivity contribution in [1.82, 2.24) is 15.6 Å². The van der Waals surface area contributed by atoms with Crippen LogP contribution in [0.2, 0.25) is 0 Å². The average Bonchev–Trinajstić information content (AvgIpc) is 3.29. The second-order valence-electron chi connectivity index (χ2n) is 6.17. The molecule has 8 heteroatoms. The van der Waals surface area contributed by atoms with Gasteiger partial charge in [-0.1, -0.05) is 36.4 Å². The van der Waals surface area contributed by atoms with Crippen LogP contribution in [0.3, 0.4) is 0 Å². The number of para-hydroxylation sites is 1. The van der Waals surface area contributed by atoms with Crippen LogP contribution in [-0.2, 0) is 0 Å². The number of rotatable bonds is 5. The first-order valence-corrected chi connectivity index (χ1v) is 9.33. The van der Waals surface area contributed by atoms with Gasteiger partial charge in [0.05, 0.1) is 16.3 Å². The Balaban J connectivity index is 1.65. The first-order valence-electron chi connectivity index (χ1n) is 8.51. The van der Waals surface area contributed by atoms with Crippen LogP contribution in [0.5, 0.6) is 0 Å². The second-order valence-corrected chi connectivity index (χ2v) is 7.20. The summed E-state index contributed by atoms with van der Waals surface area (Å²) in [6.07, 6.45) is 0. The number of nitrogens with zero attached hydrogens (tertiary/aromatic N) is 2. The molecule has 0 aliphatic rings. The number of fused-ring (bicyclic) bond motifs is 1. The highest BCUT2D eigenvalue weighted by Gasteiger charge is 2.19. The van der Waals surface area contributed by atoms with Crippen LogP contribution in [-0.4, -0.2) is 29.1 Å². The molecular formula is C20H17N5O2S. The molecule has 4 rings (SSSR count). The zero-order valence-corrected chi connectivity index (χ0v) is 15.8. The summed E-state index contributed by atoms with van der Waals surface area (Å²) in [7, 11) is 1.78. The SMILES string of the molecule is CN(NC(=O)c1cc2c(-c3ccccc3C(N)=O)[nH]nc2s1)c1ccccc1. The van der Waals surface area contributed by atoms with Gasteiger partial charge in [-0.2, -0.15) is 5.10 Å². The highest BCUT2D eigenvalue weighted by atomic mass is 32.1. The molecule has 2 aromatic carbocycles.